The largest absolute Gasteiger partial charge is 0.492 e. The molecule has 1 saturated carbocycles. The van der Waals surface area contributed by atoms with Crippen LogP contribution in [-0.2, 0) is 4.79 Å². The van der Waals surface area contributed by atoms with Crippen LogP contribution in [0.25, 0.3) is 0 Å². The van der Waals surface area contributed by atoms with Crippen molar-refractivity contribution in [1.82, 2.24) is 10.2 Å². The average molecular weight is 320 g/mol. The quantitative estimate of drug-likeness (QED) is 0.868. The lowest BCUT2D eigenvalue weighted by molar-refractivity contribution is -0.132. The number of nitrogens with one attached hydrogen (secondary N) is 1. The number of carbonyl (C=O) groups excluding carboxylic acids is 2. The summed E-state index contributed by atoms with van der Waals surface area (Å²) in [5.74, 6) is 0.0523. The van der Waals surface area contributed by atoms with E-state index in [1.54, 1.807) is 0 Å². The molecular formula is C17H21FN2O3. The van der Waals surface area contributed by atoms with Crippen molar-refractivity contribution < 1.29 is 18.7 Å². The predicted octanol–water partition coefficient (Wildman–Crippen LogP) is 2.85. The molecule has 3 amide bonds. The Morgan fingerprint density at radius 2 is 1.74 bits per heavy atom. The van der Waals surface area contributed by atoms with Gasteiger partial charge in [-0.15, -0.1) is 0 Å². The third-order valence-corrected chi connectivity index (χ3v) is 4.60. The molecule has 1 heterocycles. The first-order valence-corrected chi connectivity index (χ1v) is 8.13. The summed E-state index contributed by atoms with van der Waals surface area (Å²) in [5, 5.41) is 2.90. The van der Waals surface area contributed by atoms with Crippen LogP contribution in [0.3, 0.4) is 0 Å². The lowest BCUT2D eigenvalue weighted by atomic mass is 9.90. The van der Waals surface area contributed by atoms with Gasteiger partial charge in [0, 0.05) is 0 Å². The Morgan fingerprint density at radius 3 is 2.39 bits per heavy atom. The molecule has 6 heteroatoms. The van der Waals surface area contributed by atoms with Crippen molar-refractivity contribution >= 4 is 11.9 Å². The van der Waals surface area contributed by atoms with Crippen LogP contribution < -0.4 is 10.1 Å². The Labute approximate surface area is 134 Å². The summed E-state index contributed by atoms with van der Waals surface area (Å²) in [6, 6.07) is 5.33. The van der Waals surface area contributed by atoms with E-state index in [1.807, 2.05) is 0 Å². The topological polar surface area (TPSA) is 58.6 Å². The Balaban J connectivity index is 1.58. The highest BCUT2D eigenvalue weighted by Crippen LogP contribution is 2.32. The zero-order valence-corrected chi connectivity index (χ0v) is 13.0. The van der Waals surface area contributed by atoms with Gasteiger partial charge in [0.05, 0.1) is 6.54 Å². The molecule has 5 nitrogen and oxygen atoms in total. The second-order valence-electron chi connectivity index (χ2n) is 6.19. The number of benzene rings is 1. The first-order valence-electron chi connectivity index (χ1n) is 8.13. The zero-order valence-electron chi connectivity index (χ0n) is 13.0. The maximum Gasteiger partial charge on any atom is 0.325 e. The molecule has 1 saturated heterocycles. The molecule has 1 aliphatic heterocycles. The highest BCUT2D eigenvalue weighted by Gasteiger charge is 2.50. The van der Waals surface area contributed by atoms with E-state index in [1.165, 1.54) is 29.2 Å². The number of nitrogens with zero attached hydrogens (tertiary/aromatic N) is 1. The lowest BCUT2D eigenvalue weighted by Gasteiger charge is -2.24. The number of ether oxygens (including phenoxy) is 1. The summed E-state index contributed by atoms with van der Waals surface area (Å²) in [4.78, 5) is 26.1. The highest BCUT2D eigenvalue weighted by atomic mass is 19.1. The van der Waals surface area contributed by atoms with Gasteiger partial charge in [0.1, 0.15) is 23.7 Å². The Bertz CT molecular complexity index is 580. The van der Waals surface area contributed by atoms with Crippen LogP contribution >= 0.6 is 0 Å². The summed E-state index contributed by atoms with van der Waals surface area (Å²) in [6.07, 6.45) is 5.58. The van der Waals surface area contributed by atoms with Gasteiger partial charge in [-0.25, -0.2) is 9.18 Å². The van der Waals surface area contributed by atoms with Crippen molar-refractivity contribution in [3.8, 4) is 5.75 Å². The third-order valence-electron chi connectivity index (χ3n) is 4.60. The Hall–Kier alpha value is -2.11. The van der Waals surface area contributed by atoms with Crippen molar-refractivity contribution in [2.45, 2.75) is 44.1 Å². The number of hydrogen-bond donors (Lipinski definition) is 1. The van der Waals surface area contributed by atoms with Gasteiger partial charge in [-0.1, -0.05) is 25.7 Å². The first kappa shape index (κ1) is 15.8. The van der Waals surface area contributed by atoms with Crippen LogP contribution in [0.2, 0.25) is 0 Å². The molecule has 1 aromatic carbocycles. The molecule has 3 rings (SSSR count). The van der Waals surface area contributed by atoms with Crippen LogP contribution in [0.5, 0.6) is 5.75 Å². The smallest absolute Gasteiger partial charge is 0.325 e. The number of urea groups is 1. The summed E-state index contributed by atoms with van der Waals surface area (Å²) in [7, 11) is 0. The van der Waals surface area contributed by atoms with E-state index in [9.17, 15) is 14.0 Å². The fourth-order valence-electron chi connectivity index (χ4n) is 3.34. The maximum absolute atomic E-state index is 12.8. The fraction of sp³-hybridized carbons (Fsp3) is 0.529. The molecule has 23 heavy (non-hydrogen) atoms. The second kappa shape index (κ2) is 6.56. The molecule has 0 atom stereocenters. The van der Waals surface area contributed by atoms with E-state index < -0.39 is 5.54 Å². The molecule has 0 unspecified atom stereocenters. The minimum absolute atomic E-state index is 0.132. The van der Waals surface area contributed by atoms with Gasteiger partial charge in [-0.05, 0) is 37.1 Å². The Kier molecular flexibility index (Phi) is 4.50. The zero-order chi connectivity index (χ0) is 16.3. The van der Waals surface area contributed by atoms with E-state index in [-0.39, 0.29) is 30.9 Å². The fourth-order valence-corrected chi connectivity index (χ4v) is 3.34. The SMILES string of the molecule is O=C1NC2(CCCCCC2)C(=O)N1CCOc1ccc(F)cc1. The van der Waals surface area contributed by atoms with Crippen molar-refractivity contribution in [3.63, 3.8) is 0 Å². The van der Waals surface area contributed by atoms with Crippen LogP contribution in [0.1, 0.15) is 38.5 Å². The average Bonchev–Trinajstić information content (AvgIpc) is 2.72. The molecule has 1 aliphatic carbocycles. The molecule has 0 bridgehead atoms. The predicted molar refractivity (Wildman–Crippen MR) is 82.6 cm³/mol. The van der Waals surface area contributed by atoms with Crippen molar-refractivity contribution in [1.29, 1.82) is 0 Å². The van der Waals surface area contributed by atoms with Crippen LogP contribution in [0.15, 0.2) is 24.3 Å². The molecule has 2 aliphatic rings. The molecular weight excluding hydrogens is 299 g/mol. The number of imide groups is 1. The van der Waals surface area contributed by atoms with E-state index in [0.717, 1.165) is 25.7 Å². The molecule has 1 N–H and O–H groups in total. The summed E-state index contributed by atoms with van der Waals surface area (Å²) < 4.78 is 18.3. The normalized spacial score (nSPS) is 20.5. The highest BCUT2D eigenvalue weighted by molar-refractivity contribution is 6.07. The van der Waals surface area contributed by atoms with Crippen LogP contribution in [-0.4, -0.2) is 35.5 Å². The monoisotopic (exact) mass is 320 g/mol. The summed E-state index contributed by atoms with van der Waals surface area (Å²) in [5.41, 5.74) is -0.705. The van der Waals surface area contributed by atoms with E-state index in [0.29, 0.717) is 18.6 Å². The number of carbonyl (C=O) groups is 2. The third kappa shape index (κ3) is 3.30. The minimum Gasteiger partial charge on any atom is -0.492 e. The maximum atomic E-state index is 12.8. The van der Waals surface area contributed by atoms with Gasteiger partial charge >= 0.3 is 6.03 Å². The minimum atomic E-state index is -0.705. The molecule has 1 spiro atoms. The summed E-state index contributed by atoms with van der Waals surface area (Å²) >= 11 is 0. The van der Waals surface area contributed by atoms with Gasteiger partial charge in [0.25, 0.3) is 5.91 Å². The van der Waals surface area contributed by atoms with Gasteiger partial charge in [-0.3, -0.25) is 9.69 Å². The van der Waals surface area contributed by atoms with Gasteiger partial charge in [0.2, 0.25) is 0 Å². The first-order chi connectivity index (χ1) is 11.1. The van der Waals surface area contributed by atoms with E-state index in [2.05, 4.69) is 5.32 Å². The number of hydrogen-bond acceptors (Lipinski definition) is 3. The van der Waals surface area contributed by atoms with Gasteiger partial charge < -0.3 is 10.1 Å². The Morgan fingerprint density at radius 1 is 1.09 bits per heavy atom. The lowest BCUT2D eigenvalue weighted by Crippen LogP contribution is -2.46. The van der Waals surface area contributed by atoms with Gasteiger partial charge in [0.15, 0.2) is 0 Å². The van der Waals surface area contributed by atoms with Crippen LogP contribution in [0, 0.1) is 5.82 Å². The molecule has 0 radical (unpaired) electrons. The van der Waals surface area contributed by atoms with Gasteiger partial charge in [-0.2, -0.15) is 0 Å². The second-order valence-corrected chi connectivity index (χ2v) is 6.19. The molecule has 2 fully saturated rings. The number of amides is 3. The van der Waals surface area contributed by atoms with Crippen molar-refractivity contribution in [2.24, 2.45) is 0 Å². The van der Waals surface area contributed by atoms with Crippen molar-refractivity contribution in [2.75, 3.05) is 13.2 Å². The summed E-state index contributed by atoms with van der Waals surface area (Å²) in [6.45, 7) is 0.394. The van der Waals surface area contributed by atoms with Crippen LogP contribution in [0.4, 0.5) is 9.18 Å². The number of rotatable bonds is 4. The standard InChI is InChI=1S/C17H21FN2O3/c18-13-5-7-14(8-6-13)23-12-11-20-15(21)17(19-16(20)22)9-3-1-2-4-10-17/h5-8H,1-4,9-12H2,(H,19,22). The van der Waals surface area contributed by atoms with Crippen molar-refractivity contribution in [3.05, 3.63) is 30.1 Å². The molecule has 124 valence electrons. The van der Waals surface area contributed by atoms with E-state index in [4.69, 9.17) is 4.74 Å². The molecule has 1 aromatic rings. The number of halogens is 1. The molecule has 0 aromatic heterocycles. The van der Waals surface area contributed by atoms with E-state index >= 15 is 0 Å².